The first-order valence-electron chi connectivity index (χ1n) is 15.4. The van der Waals surface area contributed by atoms with Crippen LogP contribution < -0.4 is 15.1 Å². The maximum Gasteiger partial charge on any atom is 0.318 e. The molecule has 2 atom stereocenters. The molecule has 0 bridgehead atoms. The molecule has 3 heterocycles. The number of carbonyl (C=O) groups is 3. The van der Waals surface area contributed by atoms with Gasteiger partial charge in [-0.3, -0.25) is 9.59 Å². The summed E-state index contributed by atoms with van der Waals surface area (Å²) in [5, 5.41) is 4.03. The summed E-state index contributed by atoms with van der Waals surface area (Å²) in [5.41, 5.74) is 6.25. The number of nitrogens with zero attached hydrogens (tertiary/aromatic N) is 4. The Morgan fingerprint density at radius 2 is 1.82 bits per heavy atom. The fourth-order valence-electron chi connectivity index (χ4n) is 6.58. The zero-order valence-electron chi connectivity index (χ0n) is 26.1. The molecular formula is C35H39FN6O3. The Kier molecular flexibility index (Phi) is 8.33. The van der Waals surface area contributed by atoms with Gasteiger partial charge in [0.2, 0.25) is 11.8 Å². The molecule has 3 aromatic carbocycles. The number of hydrogen-bond donors (Lipinski definition) is 2. The van der Waals surface area contributed by atoms with Gasteiger partial charge >= 0.3 is 6.03 Å². The third-order valence-corrected chi connectivity index (χ3v) is 8.92. The van der Waals surface area contributed by atoms with Crippen LogP contribution in [0.5, 0.6) is 0 Å². The third-order valence-electron chi connectivity index (χ3n) is 8.92. The van der Waals surface area contributed by atoms with Crippen LogP contribution in [0.25, 0.3) is 10.9 Å². The second kappa shape index (κ2) is 12.4. The molecule has 4 aromatic rings. The summed E-state index contributed by atoms with van der Waals surface area (Å²) in [7, 11) is 4.02. The lowest BCUT2D eigenvalue weighted by atomic mass is 9.91. The van der Waals surface area contributed by atoms with E-state index in [0.717, 1.165) is 46.2 Å². The zero-order valence-corrected chi connectivity index (χ0v) is 26.1. The van der Waals surface area contributed by atoms with E-state index < -0.39 is 12.1 Å². The van der Waals surface area contributed by atoms with Gasteiger partial charge < -0.3 is 29.9 Å². The highest BCUT2D eigenvalue weighted by atomic mass is 19.1. The summed E-state index contributed by atoms with van der Waals surface area (Å²) >= 11 is 0. The van der Waals surface area contributed by atoms with Crippen LogP contribution in [0.3, 0.4) is 0 Å². The van der Waals surface area contributed by atoms with E-state index in [4.69, 9.17) is 0 Å². The highest BCUT2D eigenvalue weighted by molar-refractivity contribution is 6.03. The maximum atomic E-state index is 14.5. The van der Waals surface area contributed by atoms with Gasteiger partial charge in [0.25, 0.3) is 0 Å². The fraction of sp³-hybridized carbons (Fsp3) is 0.343. The third kappa shape index (κ3) is 6.02. The van der Waals surface area contributed by atoms with E-state index in [1.807, 2.05) is 51.5 Å². The van der Waals surface area contributed by atoms with Gasteiger partial charge in [-0.05, 0) is 80.0 Å². The van der Waals surface area contributed by atoms with Crippen LogP contribution in [0.4, 0.5) is 20.6 Å². The molecule has 10 heteroatoms. The predicted octanol–water partition coefficient (Wildman–Crippen LogP) is 4.80. The Hall–Kier alpha value is -4.70. The van der Waals surface area contributed by atoms with Gasteiger partial charge in [0.05, 0.1) is 0 Å². The van der Waals surface area contributed by atoms with E-state index in [-0.39, 0.29) is 43.2 Å². The first kappa shape index (κ1) is 30.3. The standard InChI is InChI=1S/C35H39FN6O3/c1-22-17-26(36)11-12-30(22)41-16-15-40(21-32(41)43)35(45)38-33(23(2)28-19-37-29-8-6-5-7-27(28)29)34(44)42-14-13-25-10-9-24(18-31(25)42)20-39(3)4/h5-12,17-19,23,33,37H,13-16,20-21H2,1-4H3,(H,38,45)/t23-,33+/m0/s1. The smallest absolute Gasteiger partial charge is 0.318 e. The second-order valence-electron chi connectivity index (χ2n) is 12.3. The molecule has 2 N–H and O–H groups in total. The number of carbonyl (C=O) groups excluding carboxylic acids is 3. The Morgan fingerprint density at radius 1 is 1.02 bits per heavy atom. The van der Waals surface area contributed by atoms with Crippen molar-refractivity contribution in [3.05, 3.63) is 94.9 Å². The lowest BCUT2D eigenvalue weighted by Gasteiger charge is -2.36. The number of nitrogens with one attached hydrogen (secondary N) is 2. The molecule has 1 aromatic heterocycles. The van der Waals surface area contributed by atoms with Gasteiger partial charge in [0, 0.05) is 60.6 Å². The van der Waals surface area contributed by atoms with Crippen molar-refractivity contribution >= 4 is 40.1 Å². The highest BCUT2D eigenvalue weighted by Gasteiger charge is 2.38. The molecule has 0 radical (unpaired) electrons. The largest absolute Gasteiger partial charge is 0.361 e. The molecule has 6 rings (SSSR count). The number of H-pyrrole nitrogens is 1. The molecule has 9 nitrogen and oxygen atoms in total. The van der Waals surface area contributed by atoms with Gasteiger partial charge in [-0.1, -0.05) is 37.3 Å². The van der Waals surface area contributed by atoms with Crippen molar-refractivity contribution in [2.75, 3.05) is 50.1 Å². The minimum atomic E-state index is -0.882. The van der Waals surface area contributed by atoms with Gasteiger partial charge in [-0.15, -0.1) is 0 Å². The molecule has 4 amide bonds. The summed E-state index contributed by atoms with van der Waals surface area (Å²) in [6, 6.07) is 17.1. The number of aromatic nitrogens is 1. The Labute approximate surface area is 262 Å². The second-order valence-corrected chi connectivity index (χ2v) is 12.3. The van der Waals surface area contributed by atoms with Crippen molar-refractivity contribution in [1.82, 2.24) is 20.1 Å². The number of anilines is 2. The van der Waals surface area contributed by atoms with Crippen molar-refractivity contribution in [1.29, 1.82) is 0 Å². The van der Waals surface area contributed by atoms with Crippen LogP contribution in [0.15, 0.2) is 66.9 Å². The van der Waals surface area contributed by atoms with E-state index >= 15 is 0 Å². The Bertz CT molecular complexity index is 1770. The number of aryl methyl sites for hydroxylation is 1. The molecule has 0 unspecified atom stereocenters. The van der Waals surface area contributed by atoms with Crippen LogP contribution >= 0.6 is 0 Å². The number of benzene rings is 3. The average molecular weight is 611 g/mol. The number of para-hydroxylation sites is 1. The fourth-order valence-corrected chi connectivity index (χ4v) is 6.58. The van der Waals surface area contributed by atoms with Crippen molar-refractivity contribution < 1.29 is 18.8 Å². The first-order chi connectivity index (χ1) is 21.6. The number of rotatable bonds is 7. The van der Waals surface area contributed by atoms with Crippen molar-refractivity contribution in [3.8, 4) is 0 Å². The summed E-state index contributed by atoms with van der Waals surface area (Å²) < 4.78 is 13.7. The molecule has 234 valence electrons. The molecule has 2 aliphatic heterocycles. The lowest BCUT2D eigenvalue weighted by Crippen LogP contribution is -2.59. The average Bonchev–Trinajstić information content (AvgIpc) is 3.63. The van der Waals surface area contributed by atoms with Crippen LogP contribution in [-0.4, -0.2) is 78.9 Å². The number of piperazine rings is 1. The zero-order chi connectivity index (χ0) is 31.8. The number of halogens is 1. The number of aromatic amines is 1. The summed E-state index contributed by atoms with van der Waals surface area (Å²) in [4.78, 5) is 51.7. The molecule has 1 saturated heterocycles. The van der Waals surface area contributed by atoms with E-state index in [0.29, 0.717) is 17.8 Å². The van der Waals surface area contributed by atoms with Gasteiger partial charge in [0.15, 0.2) is 0 Å². The summed E-state index contributed by atoms with van der Waals surface area (Å²) in [6.07, 6.45) is 2.65. The van der Waals surface area contributed by atoms with E-state index in [1.165, 1.54) is 17.0 Å². The topological polar surface area (TPSA) is 92.0 Å². The first-order valence-corrected chi connectivity index (χ1v) is 15.4. The number of hydrogen-bond acceptors (Lipinski definition) is 4. The Morgan fingerprint density at radius 3 is 2.58 bits per heavy atom. The van der Waals surface area contributed by atoms with Crippen LogP contribution in [0.2, 0.25) is 0 Å². The molecule has 2 aliphatic rings. The van der Waals surface area contributed by atoms with E-state index in [9.17, 15) is 18.8 Å². The van der Waals surface area contributed by atoms with Gasteiger partial charge in [0.1, 0.15) is 18.4 Å². The van der Waals surface area contributed by atoms with E-state index in [2.05, 4.69) is 33.4 Å². The van der Waals surface area contributed by atoms with Crippen molar-refractivity contribution in [2.24, 2.45) is 0 Å². The lowest BCUT2D eigenvalue weighted by molar-refractivity contribution is -0.120. The van der Waals surface area contributed by atoms with Gasteiger partial charge in [-0.25, -0.2) is 9.18 Å². The summed E-state index contributed by atoms with van der Waals surface area (Å²) in [6.45, 7) is 5.39. The van der Waals surface area contributed by atoms with Crippen LogP contribution in [0.1, 0.15) is 35.1 Å². The van der Waals surface area contributed by atoms with Crippen LogP contribution in [-0.2, 0) is 22.6 Å². The van der Waals surface area contributed by atoms with Crippen molar-refractivity contribution in [3.63, 3.8) is 0 Å². The predicted molar refractivity (Wildman–Crippen MR) is 174 cm³/mol. The SMILES string of the molecule is Cc1cc(F)ccc1N1CCN(C(=O)N[C@@H](C(=O)N2CCc3ccc(CN(C)C)cc32)[C@@H](C)c2c[nH]c3ccccc23)CC1=O. The minimum absolute atomic E-state index is 0.147. The molecule has 1 fully saturated rings. The van der Waals surface area contributed by atoms with Crippen molar-refractivity contribution in [2.45, 2.75) is 38.8 Å². The number of amides is 4. The molecule has 0 spiro atoms. The van der Waals surface area contributed by atoms with Crippen LogP contribution in [0, 0.1) is 12.7 Å². The molecule has 45 heavy (non-hydrogen) atoms. The number of fused-ring (bicyclic) bond motifs is 2. The quantitative estimate of drug-likeness (QED) is 0.315. The summed E-state index contributed by atoms with van der Waals surface area (Å²) in [5.74, 6) is -1.18. The number of urea groups is 1. The highest BCUT2D eigenvalue weighted by Crippen LogP contribution is 2.34. The normalized spacial score (nSPS) is 16.3. The molecule has 0 saturated carbocycles. The molecular weight excluding hydrogens is 571 g/mol. The van der Waals surface area contributed by atoms with Gasteiger partial charge in [-0.2, -0.15) is 0 Å². The monoisotopic (exact) mass is 610 g/mol. The maximum absolute atomic E-state index is 14.5. The molecule has 0 aliphatic carbocycles. The van der Waals surface area contributed by atoms with E-state index in [1.54, 1.807) is 22.8 Å². The minimum Gasteiger partial charge on any atom is -0.361 e. The Balaban J connectivity index is 1.26.